The Hall–Kier alpha value is -1.50. The summed E-state index contributed by atoms with van der Waals surface area (Å²) in [6.07, 6.45) is 10.7. The van der Waals surface area contributed by atoms with Crippen molar-refractivity contribution in [1.29, 1.82) is 0 Å². The van der Waals surface area contributed by atoms with Crippen LogP contribution in [0.25, 0.3) is 5.65 Å². The van der Waals surface area contributed by atoms with E-state index in [2.05, 4.69) is 31.2 Å². The molecule has 4 rings (SSSR count). The van der Waals surface area contributed by atoms with Crippen molar-refractivity contribution < 1.29 is 4.74 Å². The normalized spacial score (nSPS) is 23.0. The van der Waals surface area contributed by atoms with Gasteiger partial charge in [0.1, 0.15) is 0 Å². The van der Waals surface area contributed by atoms with Crippen LogP contribution in [0.5, 0.6) is 0 Å². The molecule has 0 unspecified atom stereocenters. The molecule has 1 aliphatic carbocycles. The molecule has 1 saturated heterocycles. The minimum absolute atomic E-state index is 0.313. The van der Waals surface area contributed by atoms with Gasteiger partial charge in [-0.2, -0.15) is 0 Å². The van der Waals surface area contributed by atoms with Gasteiger partial charge in [0.2, 0.25) is 0 Å². The fraction of sp³-hybridized carbons (Fsp3) is 0.647. The molecule has 124 valence electrons. The van der Waals surface area contributed by atoms with Crippen LogP contribution < -0.4 is 0 Å². The van der Waals surface area contributed by atoms with Crippen molar-refractivity contribution in [2.24, 2.45) is 5.92 Å². The second-order valence-corrected chi connectivity index (χ2v) is 6.95. The van der Waals surface area contributed by atoms with E-state index in [9.17, 15) is 0 Å². The highest BCUT2D eigenvalue weighted by Crippen LogP contribution is 2.29. The molecule has 1 atom stereocenters. The van der Waals surface area contributed by atoms with Crippen LogP contribution >= 0.6 is 0 Å². The van der Waals surface area contributed by atoms with E-state index in [1.54, 1.807) is 6.20 Å². The number of likely N-dealkylation sites (N-methyl/N-ethyl adjacent to an activating group) is 1. The van der Waals surface area contributed by atoms with Gasteiger partial charge >= 0.3 is 0 Å². The van der Waals surface area contributed by atoms with Crippen LogP contribution in [0.2, 0.25) is 0 Å². The first-order chi connectivity index (χ1) is 11.3. The van der Waals surface area contributed by atoms with Gasteiger partial charge in [-0.1, -0.05) is 0 Å². The Morgan fingerprint density at radius 2 is 2.22 bits per heavy atom. The molecular weight excluding hydrogens is 290 g/mol. The van der Waals surface area contributed by atoms with Crippen molar-refractivity contribution in [3.05, 3.63) is 30.5 Å². The van der Waals surface area contributed by atoms with Gasteiger partial charge < -0.3 is 9.64 Å². The first-order valence-electron chi connectivity index (χ1n) is 8.56. The first-order valence-corrected chi connectivity index (χ1v) is 8.56. The number of rotatable bonds is 6. The number of hydrogen-bond acceptors (Lipinski definition) is 5. The quantitative estimate of drug-likeness (QED) is 0.803. The highest BCUT2D eigenvalue weighted by atomic mass is 16.5. The number of morpholine rings is 1. The third-order valence-corrected chi connectivity index (χ3v) is 4.78. The fourth-order valence-electron chi connectivity index (χ4n) is 3.44. The topological polar surface area (TPSA) is 45.9 Å². The van der Waals surface area contributed by atoms with Crippen molar-refractivity contribution in [3.8, 4) is 0 Å². The van der Waals surface area contributed by atoms with Crippen molar-refractivity contribution >= 4 is 5.65 Å². The summed E-state index contributed by atoms with van der Waals surface area (Å²) < 4.78 is 8.09. The summed E-state index contributed by atoms with van der Waals surface area (Å²) in [5.74, 6) is 0.937. The lowest BCUT2D eigenvalue weighted by Gasteiger charge is -2.34. The Morgan fingerprint density at radius 1 is 1.30 bits per heavy atom. The summed E-state index contributed by atoms with van der Waals surface area (Å²) >= 11 is 0. The first kappa shape index (κ1) is 15.1. The van der Waals surface area contributed by atoms with Gasteiger partial charge in [-0.3, -0.25) is 14.3 Å². The summed E-state index contributed by atoms with van der Waals surface area (Å²) in [5.41, 5.74) is 2.13. The van der Waals surface area contributed by atoms with Crippen molar-refractivity contribution in [2.75, 3.05) is 39.8 Å². The molecule has 3 heterocycles. The largest absolute Gasteiger partial charge is 0.374 e. The number of imidazole rings is 1. The number of nitrogens with zero attached hydrogens (tertiary/aromatic N) is 5. The summed E-state index contributed by atoms with van der Waals surface area (Å²) in [4.78, 5) is 13.5. The summed E-state index contributed by atoms with van der Waals surface area (Å²) in [7, 11) is 2.22. The number of ether oxygens (including phenoxy) is 1. The minimum atomic E-state index is 0.313. The Labute approximate surface area is 137 Å². The lowest BCUT2D eigenvalue weighted by Crippen LogP contribution is -2.46. The average molecular weight is 315 g/mol. The van der Waals surface area contributed by atoms with Gasteiger partial charge in [0.25, 0.3) is 0 Å². The lowest BCUT2D eigenvalue weighted by molar-refractivity contribution is -0.0438. The third-order valence-electron chi connectivity index (χ3n) is 4.78. The van der Waals surface area contributed by atoms with E-state index in [0.717, 1.165) is 44.4 Å². The Bertz CT molecular complexity index is 653. The van der Waals surface area contributed by atoms with Crippen LogP contribution in [-0.2, 0) is 11.3 Å². The molecule has 0 spiro atoms. The molecule has 2 aliphatic rings. The molecule has 0 aromatic carbocycles. The van der Waals surface area contributed by atoms with E-state index in [1.807, 2.05) is 18.6 Å². The van der Waals surface area contributed by atoms with Gasteiger partial charge in [0.05, 0.1) is 30.8 Å². The monoisotopic (exact) mass is 315 g/mol. The summed E-state index contributed by atoms with van der Waals surface area (Å²) in [6, 6.07) is 0. The molecule has 6 nitrogen and oxygen atoms in total. The molecule has 2 aromatic rings. The maximum Gasteiger partial charge on any atom is 0.155 e. The Balaban J connectivity index is 1.35. The van der Waals surface area contributed by atoms with Crippen LogP contribution in [-0.4, -0.2) is 70.1 Å². The SMILES string of the molecule is CN(CC1CC1)C[C@@H]1CN(Cc2cnc3cnccn23)CCO1. The van der Waals surface area contributed by atoms with Crippen LogP contribution in [0.1, 0.15) is 18.5 Å². The fourth-order valence-corrected chi connectivity index (χ4v) is 3.44. The van der Waals surface area contributed by atoms with Crippen LogP contribution in [0.4, 0.5) is 0 Å². The number of aromatic nitrogens is 3. The molecule has 0 radical (unpaired) electrons. The predicted molar refractivity (Wildman–Crippen MR) is 88.2 cm³/mol. The molecule has 1 aliphatic heterocycles. The van der Waals surface area contributed by atoms with E-state index < -0.39 is 0 Å². The molecule has 1 saturated carbocycles. The summed E-state index contributed by atoms with van der Waals surface area (Å²) in [6.45, 7) is 5.97. The lowest BCUT2D eigenvalue weighted by atomic mass is 10.2. The molecular formula is C17H25N5O. The van der Waals surface area contributed by atoms with Crippen molar-refractivity contribution in [1.82, 2.24) is 24.2 Å². The molecule has 23 heavy (non-hydrogen) atoms. The maximum absolute atomic E-state index is 5.97. The molecule has 2 fully saturated rings. The predicted octanol–water partition coefficient (Wildman–Crippen LogP) is 1.27. The van der Waals surface area contributed by atoms with Crippen LogP contribution in [0.3, 0.4) is 0 Å². The number of hydrogen-bond donors (Lipinski definition) is 0. The molecule has 0 amide bonds. The van der Waals surface area contributed by atoms with Gasteiger partial charge in [-0.05, 0) is 25.8 Å². The molecule has 6 heteroatoms. The van der Waals surface area contributed by atoms with E-state index in [-0.39, 0.29) is 0 Å². The zero-order valence-corrected chi connectivity index (χ0v) is 13.8. The second kappa shape index (κ2) is 6.55. The standard InChI is InChI=1S/C17H25N5O/c1-20(10-14-2-3-14)12-16-13-21(6-7-23-16)11-15-8-19-17-9-18-4-5-22(15)17/h4-5,8-9,14,16H,2-3,6-7,10-13H2,1H3/t16-/m1/s1. The second-order valence-electron chi connectivity index (χ2n) is 6.95. The minimum Gasteiger partial charge on any atom is -0.374 e. The van der Waals surface area contributed by atoms with Gasteiger partial charge in [-0.25, -0.2) is 4.98 Å². The van der Waals surface area contributed by atoms with Crippen LogP contribution in [0, 0.1) is 5.92 Å². The van der Waals surface area contributed by atoms with E-state index in [0.29, 0.717) is 6.10 Å². The zero-order chi connectivity index (χ0) is 15.6. The highest BCUT2D eigenvalue weighted by molar-refractivity contribution is 5.36. The highest BCUT2D eigenvalue weighted by Gasteiger charge is 2.26. The smallest absolute Gasteiger partial charge is 0.155 e. The number of fused-ring (bicyclic) bond motifs is 1. The molecule has 2 aromatic heterocycles. The molecule has 0 bridgehead atoms. The van der Waals surface area contributed by atoms with E-state index in [4.69, 9.17) is 4.74 Å². The third kappa shape index (κ3) is 3.71. The zero-order valence-electron chi connectivity index (χ0n) is 13.8. The Morgan fingerprint density at radius 3 is 3.09 bits per heavy atom. The van der Waals surface area contributed by atoms with E-state index >= 15 is 0 Å². The van der Waals surface area contributed by atoms with Gasteiger partial charge in [-0.15, -0.1) is 0 Å². The van der Waals surface area contributed by atoms with Crippen molar-refractivity contribution in [3.63, 3.8) is 0 Å². The Kier molecular flexibility index (Phi) is 4.29. The maximum atomic E-state index is 5.97. The van der Waals surface area contributed by atoms with Crippen molar-refractivity contribution in [2.45, 2.75) is 25.5 Å². The average Bonchev–Trinajstić information content (AvgIpc) is 3.27. The van der Waals surface area contributed by atoms with Crippen LogP contribution in [0.15, 0.2) is 24.8 Å². The molecule has 0 N–H and O–H groups in total. The van der Waals surface area contributed by atoms with Gasteiger partial charge in [0, 0.05) is 45.1 Å². The van der Waals surface area contributed by atoms with Gasteiger partial charge in [0.15, 0.2) is 5.65 Å². The van der Waals surface area contributed by atoms with E-state index in [1.165, 1.54) is 25.1 Å². The summed E-state index contributed by atoms with van der Waals surface area (Å²) in [5, 5.41) is 0.